The third-order valence-corrected chi connectivity index (χ3v) is 5.72. The fourth-order valence-electron chi connectivity index (χ4n) is 4.15. The lowest BCUT2D eigenvalue weighted by atomic mass is 10.0. The van der Waals surface area contributed by atoms with Crippen LogP contribution in [0.1, 0.15) is 11.3 Å². The van der Waals surface area contributed by atoms with Gasteiger partial charge < -0.3 is 10.1 Å². The predicted molar refractivity (Wildman–Crippen MR) is 132 cm³/mol. The van der Waals surface area contributed by atoms with Gasteiger partial charge in [-0.25, -0.2) is 4.98 Å². The summed E-state index contributed by atoms with van der Waals surface area (Å²) < 4.78 is 2.12. The minimum atomic E-state index is 0.729. The van der Waals surface area contributed by atoms with Gasteiger partial charge in [-0.05, 0) is 35.9 Å². The molecule has 0 radical (unpaired) electrons. The van der Waals surface area contributed by atoms with E-state index < -0.39 is 0 Å². The molecule has 3 aromatic carbocycles. The summed E-state index contributed by atoms with van der Waals surface area (Å²) in [4.78, 5) is 7.28. The Labute approximate surface area is 188 Å². The lowest BCUT2D eigenvalue weighted by molar-refractivity contribution is 0.314. The highest BCUT2D eigenvalue weighted by Gasteiger charge is 2.16. The molecule has 2 N–H and O–H groups in total. The molecule has 0 fully saturated rings. The average Bonchev–Trinajstić information content (AvgIpc) is 3.17. The Morgan fingerprint density at radius 1 is 0.719 bits per heavy atom. The molecule has 5 rings (SSSR count). The lowest BCUT2D eigenvalue weighted by Gasteiger charge is -2.18. The molecule has 158 valence electrons. The fraction of sp³-hybridized carbons (Fsp3) is 0.107. The summed E-state index contributed by atoms with van der Waals surface area (Å²) in [5, 5.41) is 0. The van der Waals surface area contributed by atoms with Gasteiger partial charge in [0, 0.05) is 30.5 Å². The van der Waals surface area contributed by atoms with Crippen LogP contribution in [0.25, 0.3) is 28.0 Å². The van der Waals surface area contributed by atoms with Crippen LogP contribution in [0.3, 0.4) is 0 Å². The number of nitrogen functional groups attached to an aromatic ring is 1. The van der Waals surface area contributed by atoms with Crippen molar-refractivity contribution in [2.24, 2.45) is 0 Å². The number of aromatic nitrogens is 2. The van der Waals surface area contributed by atoms with Crippen LogP contribution < -0.4 is 5.73 Å². The smallest absolute Gasteiger partial charge is 0.137 e. The Morgan fingerprint density at radius 2 is 1.34 bits per heavy atom. The topological polar surface area (TPSA) is 46.6 Å². The van der Waals surface area contributed by atoms with Crippen molar-refractivity contribution in [2.45, 2.75) is 13.1 Å². The van der Waals surface area contributed by atoms with Gasteiger partial charge in [0.1, 0.15) is 5.65 Å². The lowest BCUT2D eigenvalue weighted by Crippen LogP contribution is -2.18. The fourth-order valence-corrected chi connectivity index (χ4v) is 4.15. The second-order valence-electron chi connectivity index (χ2n) is 8.20. The molecule has 5 aromatic rings. The quantitative estimate of drug-likeness (QED) is 0.374. The van der Waals surface area contributed by atoms with Crippen molar-refractivity contribution in [2.75, 3.05) is 12.8 Å². The van der Waals surface area contributed by atoms with Crippen LogP contribution in [0.2, 0.25) is 0 Å². The van der Waals surface area contributed by atoms with Gasteiger partial charge in [-0.1, -0.05) is 84.9 Å². The van der Waals surface area contributed by atoms with Crippen LogP contribution in [0, 0.1) is 0 Å². The molecule has 2 aromatic heterocycles. The van der Waals surface area contributed by atoms with Crippen LogP contribution >= 0.6 is 0 Å². The van der Waals surface area contributed by atoms with E-state index in [9.17, 15) is 0 Å². The van der Waals surface area contributed by atoms with Gasteiger partial charge in [-0.15, -0.1) is 0 Å². The van der Waals surface area contributed by atoms with Crippen LogP contribution in [0.15, 0.2) is 103 Å². The summed E-state index contributed by atoms with van der Waals surface area (Å²) in [6, 6.07) is 33.5. The molecule has 0 spiro atoms. The van der Waals surface area contributed by atoms with Gasteiger partial charge in [-0.3, -0.25) is 4.90 Å². The first-order valence-corrected chi connectivity index (χ1v) is 10.8. The summed E-state index contributed by atoms with van der Waals surface area (Å²) in [7, 11) is 2.14. The van der Waals surface area contributed by atoms with Crippen molar-refractivity contribution in [3.8, 4) is 22.4 Å². The van der Waals surface area contributed by atoms with Crippen molar-refractivity contribution in [1.29, 1.82) is 0 Å². The van der Waals surface area contributed by atoms with E-state index in [0.29, 0.717) is 0 Å². The average molecular weight is 419 g/mol. The normalized spacial score (nSPS) is 11.3. The minimum absolute atomic E-state index is 0.729. The van der Waals surface area contributed by atoms with Crippen molar-refractivity contribution < 1.29 is 0 Å². The zero-order valence-corrected chi connectivity index (χ0v) is 18.1. The molecule has 0 amide bonds. The van der Waals surface area contributed by atoms with Crippen LogP contribution in [-0.4, -0.2) is 21.3 Å². The molecular formula is C28H26N4. The number of nitrogens with two attached hydrogens (primary N) is 1. The van der Waals surface area contributed by atoms with Crippen molar-refractivity contribution >= 4 is 11.3 Å². The second kappa shape index (κ2) is 8.69. The number of hydrogen-bond acceptors (Lipinski definition) is 3. The number of nitrogens with zero attached hydrogens (tertiary/aromatic N) is 3. The number of benzene rings is 3. The second-order valence-corrected chi connectivity index (χ2v) is 8.20. The number of fused-ring (bicyclic) bond motifs is 1. The minimum Gasteiger partial charge on any atom is -0.398 e. The number of rotatable bonds is 6. The maximum absolute atomic E-state index is 6.12. The Balaban J connectivity index is 1.51. The van der Waals surface area contributed by atoms with Crippen molar-refractivity contribution in [3.63, 3.8) is 0 Å². The third kappa shape index (κ3) is 4.13. The maximum Gasteiger partial charge on any atom is 0.137 e. The number of hydrogen-bond donors (Lipinski definition) is 1. The van der Waals surface area contributed by atoms with Gasteiger partial charge in [-0.2, -0.15) is 0 Å². The molecule has 4 heteroatoms. The molecule has 32 heavy (non-hydrogen) atoms. The van der Waals surface area contributed by atoms with E-state index in [1.54, 1.807) is 0 Å². The standard InChI is InChI=1S/C28H26N4/c1-31(18-21-8-4-2-5-9-21)20-26-28(30-27-17-16-25(29)19-32(26)27)24-14-12-23(13-15-24)22-10-6-3-7-11-22/h2-17,19H,18,20,29H2,1H3. The molecule has 2 heterocycles. The Bertz CT molecular complexity index is 1320. The third-order valence-electron chi connectivity index (χ3n) is 5.72. The van der Waals surface area contributed by atoms with Gasteiger partial charge in [0.25, 0.3) is 0 Å². The van der Waals surface area contributed by atoms with E-state index in [4.69, 9.17) is 10.7 Å². The first-order valence-electron chi connectivity index (χ1n) is 10.8. The largest absolute Gasteiger partial charge is 0.398 e. The Hall–Kier alpha value is -3.89. The predicted octanol–water partition coefficient (Wildman–Crippen LogP) is 5.88. The molecule has 0 saturated carbocycles. The highest BCUT2D eigenvalue weighted by molar-refractivity contribution is 5.72. The number of imidazole rings is 1. The van der Waals surface area contributed by atoms with E-state index in [1.807, 2.05) is 30.5 Å². The van der Waals surface area contributed by atoms with E-state index in [0.717, 1.165) is 41.4 Å². The van der Waals surface area contributed by atoms with E-state index in [-0.39, 0.29) is 0 Å². The SMILES string of the molecule is CN(Cc1ccccc1)Cc1c(-c2ccc(-c3ccccc3)cc2)nc2ccc(N)cn12. The summed E-state index contributed by atoms with van der Waals surface area (Å²) in [6.45, 7) is 1.62. The highest BCUT2D eigenvalue weighted by atomic mass is 15.1. The van der Waals surface area contributed by atoms with Gasteiger partial charge >= 0.3 is 0 Å². The summed E-state index contributed by atoms with van der Waals surface area (Å²) in [5.41, 5.74) is 14.7. The first-order chi connectivity index (χ1) is 15.7. The molecule has 0 aliphatic rings. The molecule has 0 aliphatic heterocycles. The molecule has 4 nitrogen and oxygen atoms in total. The van der Waals surface area contributed by atoms with Crippen molar-refractivity contribution in [1.82, 2.24) is 14.3 Å². The Kier molecular flexibility index (Phi) is 5.44. The van der Waals surface area contributed by atoms with Gasteiger partial charge in [0.05, 0.1) is 11.4 Å². The van der Waals surface area contributed by atoms with Crippen LogP contribution in [0.5, 0.6) is 0 Å². The summed E-state index contributed by atoms with van der Waals surface area (Å²) >= 11 is 0. The van der Waals surface area contributed by atoms with E-state index in [2.05, 4.69) is 89.1 Å². The molecule has 0 saturated heterocycles. The first kappa shape index (κ1) is 20.0. The van der Waals surface area contributed by atoms with E-state index in [1.165, 1.54) is 16.7 Å². The monoisotopic (exact) mass is 418 g/mol. The Morgan fingerprint density at radius 3 is 2.06 bits per heavy atom. The highest BCUT2D eigenvalue weighted by Crippen LogP contribution is 2.29. The molecule has 0 aliphatic carbocycles. The van der Waals surface area contributed by atoms with E-state index >= 15 is 0 Å². The summed E-state index contributed by atoms with van der Waals surface area (Å²) in [6.07, 6.45) is 1.97. The zero-order valence-electron chi connectivity index (χ0n) is 18.1. The summed E-state index contributed by atoms with van der Waals surface area (Å²) in [5.74, 6) is 0. The zero-order chi connectivity index (χ0) is 21.9. The van der Waals surface area contributed by atoms with Crippen molar-refractivity contribution in [3.05, 3.63) is 115 Å². The molecule has 0 bridgehead atoms. The molecular weight excluding hydrogens is 392 g/mol. The van der Waals surface area contributed by atoms with Gasteiger partial charge in [0.15, 0.2) is 0 Å². The number of anilines is 1. The number of pyridine rings is 1. The van der Waals surface area contributed by atoms with Gasteiger partial charge in [0.2, 0.25) is 0 Å². The van der Waals surface area contributed by atoms with Crippen LogP contribution in [0.4, 0.5) is 5.69 Å². The molecule has 0 atom stereocenters. The molecule has 0 unspecified atom stereocenters. The van der Waals surface area contributed by atoms with Crippen LogP contribution in [-0.2, 0) is 13.1 Å². The maximum atomic E-state index is 6.12.